The van der Waals surface area contributed by atoms with Crippen molar-refractivity contribution in [3.05, 3.63) is 47.9 Å². The second-order valence-electron chi connectivity index (χ2n) is 4.27. The minimum absolute atomic E-state index is 0.151. The fraction of sp³-hybridized carbons (Fsp3) is 0.214. The Hall–Kier alpha value is -2.43. The van der Waals surface area contributed by atoms with Crippen LogP contribution in [0.2, 0.25) is 0 Å². The van der Waals surface area contributed by atoms with Gasteiger partial charge in [-0.3, -0.25) is 4.79 Å². The lowest BCUT2D eigenvalue weighted by Crippen LogP contribution is -2.26. The number of carbonyl (C=O) groups is 1. The monoisotopic (exact) mass is 258 g/mol. The molecule has 0 radical (unpaired) electrons. The van der Waals surface area contributed by atoms with E-state index >= 15 is 0 Å². The van der Waals surface area contributed by atoms with Crippen LogP contribution >= 0.6 is 0 Å². The number of furan rings is 1. The van der Waals surface area contributed by atoms with E-state index < -0.39 is 0 Å². The van der Waals surface area contributed by atoms with Gasteiger partial charge in [0.25, 0.3) is 5.91 Å². The van der Waals surface area contributed by atoms with Crippen molar-refractivity contribution >= 4 is 11.6 Å². The standard InChI is InChI=1S/C14H14N2O3/c17-14(16-8-10-4-6-18-9-10)11-2-1-3-12-13(11)19-7-5-15-12/h1-4,6,9,15H,5,7-8H2,(H,16,17). The first-order valence-electron chi connectivity index (χ1n) is 6.13. The summed E-state index contributed by atoms with van der Waals surface area (Å²) >= 11 is 0. The van der Waals surface area contributed by atoms with Gasteiger partial charge in [-0.05, 0) is 18.2 Å². The quantitative estimate of drug-likeness (QED) is 0.884. The topological polar surface area (TPSA) is 63.5 Å². The number of benzene rings is 1. The van der Waals surface area contributed by atoms with E-state index in [1.54, 1.807) is 18.6 Å². The highest BCUT2D eigenvalue weighted by Crippen LogP contribution is 2.31. The molecule has 0 bridgehead atoms. The Kier molecular flexibility index (Phi) is 3.10. The van der Waals surface area contributed by atoms with Crippen LogP contribution in [-0.4, -0.2) is 19.1 Å². The van der Waals surface area contributed by atoms with Gasteiger partial charge in [0, 0.05) is 18.7 Å². The molecule has 3 rings (SSSR count). The SMILES string of the molecule is O=C(NCc1ccoc1)c1cccc2c1OCCN2. The minimum atomic E-state index is -0.151. The van der Waals surface area contributed by atoms with E-state index in [-0.39, 0.29) is 5.91 Å². The number of hydrogen-bond donors (Lipinski definition) is 2. The number of hydrogen-bond acceptors (Lipinski definition) is 4. The van der Waals surface area contributed by atoms with Gasteiger partial charge in [-0.2, -0.15) is 0 Å². The molecular weight excluding hydrogens is 244 g/mol. The number of anilines is 1. The first-order chi connectivity index (χ1) is 9.34. The third kappa shape index (κ3) is 2.40. The molecule has 5 heteroatoms. The summed E-state index contributed by atoms with van der Waals surface area (Å²) in [6.07, 6.45) is 3.19. The van der Waals surface area contributed by atoms with Gasteiger partial charge in [0.05, 0.1) is 23.8 Å². The van der Waals surface area contributed by atoms with Crippen LogP contribution in [0.3, 0.4) is 0 Å². The number of carbonyl (C=O) groups excluding carboxylic acids is 1. The smallest absolute Gasteiger partial charge is 0.255 e. The molecule has 5 nitrogen and oxygen atoms in total. The second-order valence-corrected chi connectivity index (χ2v) is 4.27. The van der Waals surface area contributed by atoms with Crippen LogP contribution in [0, 0.1) is 0 Å². The molecule has 0 unspecified atom stereocenters. The van der Waals surface area contributed by atoms with Crippen LogP contribution in [0.25, 0.3) is 0 Å². The Labute approximate surface area is 110 Å². The molecule has 1 aliphatic heterocycles. The predicted octanol–water partition coefficient (Wildman–Crippen LogP) is 2.01. The van der Waals surface area contributed by atoms with E-state index in [4.69, 9.17) is 9.15 Å². The van der Waals surface area contributed by atoms with Crippen molar-refractivity contribution in [1.82, 2.24) is 5.32 Å². The molecule has 98 valence electrons. The molecule has 0 saturated heterocycles. The average molecular weight is 258 g/mol. The van der Waals surface area contributed by atoms with E-state index in [0.29, 0.717) is 24.5 Å². The first kappa shape index (κ1) is 11.6. The highest BCUT2D eigenvalue weighted by molar-refractivity contribution is 5.98. The molecule has 0 spiro atoms. The zero-order chi connectivity index (χ0) is 13.1. The van der Waals surface area contributed by atoms with Crippen LogP contribution in [0.1, 0.15) is 15.9 Å². The van der Waals surface area contributed by atoms with E-state index in [1.807, 2.05) is 18.2 Å². The molecule has 1 amide bonds. The molecule has 0 fully saturated rings. The lowest BCUT2D eigenvalue weighted by atomic mass is 10.1. The van der Waals surface area contributed by atoms with Crippen molar-refractivity contribution in [3.63, 3.8) is 0 Å². The zero-order valence-electron chi connectivity index (χ0n) is 10.3. The number of amides is 1. The summed E-state index contributed by atoms with van der Waals surface area (Å²) in [5, 5.41) is 6.05. The molecule has 0 aliphatic carbocycles. The van der Waals surface area contributed by atoms with Gasteiger partial charge >= 0.3 is 0 Å². The van der Waals surface area contributed by atoms with Crippen LogP contribution in [0.5, 0.6) is 5.75 Å². The Morgan fingerprint density at radius 2 is 2.32 bits per heavy atom. The average Bonchev–Trinajstić information content (AvgIpc) is 2.97. The highest BCUT2D eigenvalue weighted by Gasteiger charge is 2.18. The fourth-order valence-electron chi connectivity index (χ4n) is 2.02. The van der Waals surface area contributed by atoms with Crippen molar-refractivity contribution in [3.8, 4) is 5.75 Å². The fourth-order valence-corrected chi connectivity index (χ4v) is 2.02. The molecular formula is C14H14N2O3. The number of para-hydroxylation sites is 1. The van der Waals surface area contributed by atoms with Crippen molar-refractivity contribution in [2.75, 3.05) is 18.5 Å². The molecule has 1 aliphatic rings. The lowest BCUT2D eigenvalue weighted by Gasteiger charge is -2.21. The number of rotatable bonds is 3. The maximum absolute atomic E-state index is 12.2. The van der Waals surface area contributed by atoms with Crippen molar-refractivity contribution in [2.24, 2.45) is 0 Å². The Balaban J connectivity index is 1.76. The van der Waals surface area contributed by atoms with Gasteiger partial charge in [0.1, 0.15) is 6.61 Å². The normalized spacial score (nSPS) is 13.1. The van der Waals surface area contributed by atoms with Gasteiger partial charge in [-0.15, -0.1) is 0 Å². The summed E-state index contributed by atoms with van der Waals surface area (Å²) < 4.78 is 10.5. The summed E-state index contributed by atoms with van der Waals surface area (Å²) in [6, 6.07) is 7.32. The third-order valence-corrected chi connectivity index (χ3v) is 2.96. The Morgan fingerprint density at radius 3 is 3.16 bits per heavy atom. The lowest BCUT2D eigenvalue weighted by molar-refractivity contribution is 0.0946. The molecule has 2 N–H and O–H groups in total. The van der Waals surface area contributed by atoms with E-state index in [9.17, 15) is 4.79 Å². The van der Waals surface area contributed by atoms with E-state index in [0.717, 1.165) is 17.8 Å². The van der Waals surface area contributed by atoms with Gasteiger partial charge in [0.15, 0.2) is 5.75 Å². The molecule has 1 aromatic heterocycles. The summed E-state index contributed by atoms with van der Waals surface area (Å²) in [4.78, 5) is 12.2. The van der Waals surface area contributed by atoms with Crippen LogP contribution in [0.15, 0.2) is 41.2 Å². The number of ether oxygens (including phenoxy) is 1. The summed E-state index contributed by atoms with van der Waals surface area (Å²) in [5.74, 6) is 0.472. The Bertz CT molecular complexity index is 578. The minimum Gasteiger partial charge on any atom is -0.489 e. The molecule has 0 saturated carbocycles. The van der Waals surface area contributed by atoms with Gasteiger partial charge in [-0.25, -0.2) is 0 Å². The first-order valence-corrected chi connectivity index (χ1v) is 6.13. The van der Waals surface area contributed by atoms with Crippen LogP contribution in [0.4, 0.5) is 5.69 Å². The summed E-state index contributed by atoms with van der Waals surface area (Å²) in [5.41, 5.74) is 2.34. The number of fused-ring (bicyclic) bond motifs is 1. The van der Waals surface area contributed by atoms with Gasteiger partial charge in [-0.1, -0.05) is 6.07 Å². The molecule has 1 aromatic carbocycles. The van der Waals surface area contributed by atoms with Crippen molar-refractivity contribution in [1.29, 1.82) is 0 Å². The van der Waals surface area contributed by atoms with Gasteiger partial charge in [0.2, 0.25) is 0 Å². The summed E-state index contributed by atoms with van der Waals surface area (Å²) in [6.45, 7) is 1.76. The van der Waals surface area contributed by atoms with Crippen molar-refractivity contribution < 1.29 is 13.9 Å². The number of nitrogens with one attached hydrogen (secondary N) is 2. The van der Waals surface area contributed by atoms with E-state index in [2.05, 4.69) is 10.6 Å². The largest absolute Gasteiger partial charge is 0.489 e. The molecule has 19 heavy (non-hydrogen) atoms. The molecule has 2 aromatic rings. The maximum atomic E-state index is 12.2. The summed E-state index contributed by atoms with van der Waals surface area (Å²) in [7, 11) is 0. The second kappa shape index (κ2) is 5.06. The highest BCUT2D eigenvalue weighted by atomic mass is 16.5. The molecule has 2 heterocycles. The zero-order valence-corrected chi connectivity index (χ0v) is 10.3. The molecule has 0 atom stereocenters. The van der Waals surface area contributed by atoms with E-state index in [1.165, 1.54) is 0 Å². The third-order valence-electron chi connectivity index (χ3n) is 2.96. The van der Waals surface area contributed by atoms with Crippen LogP contribution in [-0.2, 0) is 6.54 Å². The Morgan fingerprint density at radius 1 is 1.37 bits per heavy atom. The van der Waals surface area contributed by atoms with Crippen LogP contribution < -0.4 is 15.4 Å². The predicted molar refractivity (Wildman–Crippen MR) is 70.3 cm³/mol. The maximum Gasteiger partial charge on any atom is 0.255 e. The van der Waals surface area contributed by atoms with Gasteiger partial charge < -0.3 is 19.8 Å². The van der Waals surface area contributed by atoms with Crippen molar-refractivity contribution in [2.45, 2.75) is 6.54 Å².